The molecule has 1 amide bonds. The van der Waals surface area contributed by atoms with Crippen LogP contribution in [0.25, 0.3) is 0 Å². The topological polar surface area (TPSA) is 92.9 Å². The highest BCUT2D eigenvalue weighted by atomic mass is 16.5. The molecule has 0 spiro atoms. The van der Waals surface area contributed by atoms with Crippen LogP contribution >= 0.6 is 0 Å². The molecule has 1 aromatic rings. The fourth-order valence-electron chi connectivity index (χ4n) is 2.75. The fourth-order valence-corrected chi connectivity index (χ4v) is 2.75. The molecule has 6 nitrogen and oxygen atoms in total. The number of hydrogen-bond acceptors (Lipinski definition) is 5. The number of primary amides is 1. The van der Waals surface area contributed by atoms with E-state index in [0.717, 1.165) is 25.9 Å². The summed E-state index contributed by atoms with van der Waals surface area (Å²) in [5.41, 5.74) is 5.90. The first-order chi connectivity index (χ1) is 11.0. The molecule has 0 aliphatic carbocycles. The van der Waals surface area contributed by atoms with E-state index in [1.807, 2.05) is 0 Å². The first-order valence-electron chi connectivity index (χ1n) is 7.89. The zero-order valence-electron chi connectivity index (χ0n) is 13.4. The summed E-state index contributed by atoms with van der Waals surface area (Å²) >= 11 is 0. The predicted molar refractivity (Wildman–Crippen MR) is 86.3 cm³/mol. The Labute approximate surface area is 136 Å². The van der Waals surface area contributed by atoms with Gasteiger partial charge >= 0.3 is 0 Å². The minimum Gasteiger partial charge on any atom is -0.491 e. The number of carbonyl (C=O) groups excluding carboxylic acids is 2. The van der Waals surface area contributed by atoms with Crippen LogP contribution in [0.1, 0.15) is 30.1 Å². The summed E-state index contributed by atoms with van der Waals surface area (Å²) in [5.74, 6) is 0.269. The molecule has 0 bridgehead atoms. The van der Waals surface area contributed by atoms with E-state index in [1.54, 1.807) is 24.3 Å². The lowest BCUT2D eigenvalue weighted by molar-refractivity contribution is -0.123. The maximum Gasteiger partial charge on any atom is 0.220 e. The third-order valence-corrected chi connectivity index (χ3v) is 4.14. The van der Waals surface area contributed by atoms with Crippen LogP contribution in [0.15, 0.2) is 24.3 Å². The van der Waals surface area contributed by atoms with Crippen LogP contribution < -0.4 is 10.5 Å². The van der Waals surface area contributed by atoms with Crippen molar-refractivity contribution in [3.05, 3.63) is 29.8 Å². The molecule has 126 valence electrons. The summed E-state index contributed by atoms with van der Waals surface area (Å²) in [6.07, 6.45) is 0.855. The molecule has 2 rings (SSSR count). The number of aliphatic hydroxyl groups excluding tert-OH is 1. The maximum atomic E-state index is 11.3. The van der Waals surface area contributed by atoms with Gasteiger partial charge in [-0.15, -0.1) is 0 Å². The average molecular weight is 320 g/mol. The van der Waals surface area contributed by atoms with E-state index in [9.17, 15) is 14.7 Å². The van der Waals surface area contributed by atoms with Crippen molar-refractivity contribution in [3.8, 4) is 5.75 Å². The number of β-amino-alcohol motifs (C(OH)–C–C–N with tert-alkyl or cyclic N) is 1. The summed E-state index contributed by atoms with van der Waals surface area (Å²) in [6.45, 7) is 3.67. The van der Waals surface area contributed by atoms with Crippen LogP contribution in [-0.4, -0.2) is 54.0 Å². The lowest BCUT2D eigenvalue weighted by Gasteiger charge is -2.31. The number of ketones is 1. The average Bonchev–Trinajstić information content (AvgIpc) is 2.53. The third-order valence-electron chi connectivity index (χ3n) is 4.14. The molecule has 3 N–H and O–H groups in total. The number of carbonyl (C=O) groups is 2. The molecule has 0 radical (unpaired) electrons. The second kappa shape index (κ2) is 8.08. The second-order valence-corrected chi connectivity index (χ2v) is 6.03. The number of likely N-dealkylation sites (tertiary alicyclic amines) is 1. The number of rotatable bonds is 7. The zero-order chi connectivity index (χ0) is 16.8. The normalized spacial score (nSPS) is 17.7. The van der Waals surface area contributed by atoms with Gasteiger partial charge in [-0.25, -0.2) is 0 Å². The number of benzene rings is 1. The number of nitrogens with two attached hydrogens (primary N) is 1. The molecule has 1 aliphatic rings. The van der Waals surface area contributed by atoms with Gasteiger partial charge in [0.05, 0.1) is 0 Å². The molecule has 6 heteroatoms. The summed E-state index contributed by atoms with van der Waals surface area (Å²) in [6, 6.07) is 6.92. The van der Waals surface area contributed by atoms with Crippen LogP contribution in [0.5, 0.6) is 5.75 Å². The highest BCUT2D eigenvalue weighted by Crippen LogP contribution is 2.17. The van der Waals surface area contributed by atoms with Crippen molar-refractivity contribution >= 4 is 11.7 Å². The molecule has 23 heavy (non-hydrogen) atoms. The Hall–Kier alpha value is -1.92. The minimum absolute atomic E-state index is 0.0201. The number of amides is 1. The lowest BCUT2D eigenvalue weighted by atomic mass is 9.96. The standard InChI is InChI=1S/C17H24N2O4/c1-12(20)14-3-2-4-16(9-14)23-11-15(21)10-19-7-5-13(6-8-19)17(18)22/h2-4,9,13,15,21H,5-8,10-11H2,1H3,(H2,18,22). The second-order valence-electron chi connectivity index (χ2n) is 6.03. The molecule has 1 unspecified atom stereocenters. The van der Waals surface area contributed by atoms with E-state index in [2.05, 4.69) is 4.90 Å². The van der Waals surface area contributed by atoms with Crippen LogP contribution in [0, 0.1) is 5.92 Å². The van der Waals surface area contributed by atoms with Crippen LogP contribution in [0.4, 0.5) is 0 Å². The highest BCUT2D eigenvalue weighted by Gasteiger charge is 2.24. The molecular formula is C17H24N2O4. The zero-order valence-corrected chi connectivity index (χ0v) is 13.4. The van der Waals surface area contributed by atoms with E-state index in [0.29, 0.717) is 17.9 Å². The van der Waals surface area contributed by atoms with Crippen molar-refractivity contribution in [1.29, 1.82) is 0 Å². The number of hydrogen-bond donors (Lipinski definition) is 2. The molecule has 0 aromatic heterocycles. The summed E-state index contributed by atoms with van der Waals surface area (Å²) < 4.78 is 5.56. The number of aliphatic hydroxyl groups is 1. The van der Waals surface area contributed by atoms with Crippen LogP contribution in [0.2, 0.25) is 0 Å². The van der Waals surface area contributed by atoms with Gasteiger partial charge in [-0.3, -0.25) is 9.59 Å². The van der Waals surface area contributed by atoms with E-state index in [-0.39, 0.29) is 24.2 Å². The van der Waals surface area contributed by atoms with E-state index >= 15 is 0 Å². The van der Waals surface area contributed by atoms with Gasteiger partial charge in [-0.05, 0) is 45.0 Å². The fraction of sp³-hybridized carbons (Fsp3) is 0.529. The van der Waals surface area contributed by atoms with Crippen LogP contribution in [0.3, 0.4) is 0 Å². The van der Waals surface area contributed by atoms with Gasteiger partial charge < -0.3 is 20.5 Å². The molecule has 1 fully saturated rings. The van der Waals surface area contributed by atoms with Gasteiger partial charge in [0.25, 0.3) is 0 Å². The Kier molecular flexibility index (Phi) is 6.12. The Morgan fingerprint density at radius 2 is 2.09 bits per heavy atom. The summed E-state index contributed by atoms with van der Waals surface area (Å²) in [7, 11) is 0. The Bertz CT molecular complexity index is 553. The largest absolute Gasteiger partial charge is 0.491 e. The summed E-state index contributed by atoms with van der Waals surface area (Å²) in [4.78, 5) is 24.6. The van der Waals surface area contributed by atoms with Crippen LogP contribution in [-0.2, 0) is 4.79 Å². The minimum atomic E-state index is -0.624. The van der Waals surface area contributed by atoms with Crippen molar-refractivity contribution < 1.29 is 19.4 Å². The molecule has 1 aromatic carbocycles. The SMILES string of the molecule is CC(=O)c1cccc(OCC(O)CN2CCC(C(N)=O)CC2)c1. The first kappa shape index (κ1) is 17.4. The molecule has 0 saturated carbocycles. The maximum absolute atomic E-state index is 11.3. The van der Waals surface area contributed by atoms with Gasteiger partial charge in [-0.2, -0.15) is 0 Å². The van der Waals surface area contributed by atoms with E-state index < -0.39 is 6.10 Å². The molecule has 1 saturated heterocycles. The van der Waals surface area contributed by atoms with E-state index in [1.165, 1.54) is 6.92 Å². The number of piperidine rings is 1. The quantitative estimate of drug-likeness (QED) is 0.726. The van der Waals surface area contributed by atoms with Gasteiger partial charge in [0.2, 0.25) is 5.91 Å². The number of nitrogens with zero attached hydrogens (tertiary/aromatic N) is 1. The van der Waals surface area contributed by atoms with Crippen molar-refractivity contribution in [3.63, 3.8) is 0 Å². The van der Waals surface area contributed by atoms with Gasteiger partial charge in [0.15, 0.2) is 5.78 Å². The first-order valence-corrected chi connectivity index (χ1v) is 7.89. The predicted octanol–water partition coefficient (Wildman–Crippen LogP) is 0.826. The van der Waals surface area contributed by atoms with Crippen molar-refractivity contribution in [2.24, 2.45) is 11.7 Å². The Morgan fingerprint density at radius 1 is 1.39 bits per heavy atom. The molecule has 1 atom stereocenters. The van der Waals surface area contributed by atoms with Gasteiger partial charge in [0, 0.05) is 18.0 Å². The Morgan fingerprint density at radius 3 is 2.70 bits per heavy atom. The number of ether oxygens (including phenoxy) is 1. The summed E-state index contributed by atoms with van der Waals surface area (Å²) in [5, 5.41) is 10.1. The lowest BCUT2D eigenvalue weighted by Crippen LogP contribution is -2.43. The van der Waals surface area contributed by atoms with Crippen molar-refractivity contribution in [1.82, 2.24) is 4.90 Å². The van der Waals surface area contributed by atoms with E-state index in [4.69, 9.17) is 10.5 Å². The van der Waals surface area contributed by atoms with Gasteiger partial charge in [-0.1, -0.05) is 12.1 Å². The Balaban J connectivity index is 1.75. The third kappa shape index (κ3) is 5.33. The molecule has 1 aliphatic heterocycles. The number of Topliss-reactive ketones (excluding diaryl/α,β-unsaturated/α-hetero) is 1. The molecule has 1 heterocycles. The smallest absolute Gasteiger partial charge is 0.220 e. The monoisotopic (exact) mass is 320 g/mol. The van der Waals surface area contributed by atoms with Crippen molar-refractivity contribution in [2.45, 2.75) is 25.9 Å². The van der Waals surface area contributed by atoms with Gasteiger partial charge in [0.1, 0.15) is 18.5 Å². The molecular weight excluding hydrogens is 296 g/mol. The van der Waals surface area contributed by atoms with Crippen molar-refractivity contribution in [2.75, 3.05) is 26.2 Å². The highest BCUT2D eigenvalue weighted by molar-refractivity contribution is 5.94.